The fourth-order valence-electron chi connectivity index (χ4n) is 2.02. The minimum absolute atomic E-state index is 0.00231. The number of likely N-dealkylation sites (tertiary alicyclic amines) is 1. The van der Waals surface area contributed by atoms with Crippen LogP contribution in [-0.4, -0.2) is 28.7 Å². The van der Waals surface area contributed by atoms with E-state index in [-0.39, 0.29) is 11.6 Å². The molecule has 1 fully saturated rings. The smallest absolute Gasteiger partial charge is 0.410 e. The van der Waals surface area contributed by atoms with Crippen LogP contribution in [0.4, 0.5) is 4.79 Å². The maximum atomic E-state index is 11.9. The molecule has 0 spiro atoms. The molecule has 88 valence electrons. The van der Waals surface area contributed by atoms with Gasteiger partial charge in [-0.15, -0.1) is 0 Å². The van der Waals surface area contributed by atoms with Gasteiger partial charge in [-0.3, -0.25) is 0 Å². The van der Waals surface area contributed by atoms with Crippen molar-refractivity contribution in [2.75, 3.05) is 6.54 Å². The molecule has 15 heavy (non-hydrogen) atoms. The van der Waals surface area contributed by atoms with E-state index < -0.39 is 5.60 Å². The van der Waals surface area contributed by atoms with E-state index >= 15 is 0 Å². The topological polar surface area (TPSA) is 29.5 Å². The van der Waals surface area contributed by atoms with Crippen molar-refractivity contribution in [3.8, 4) is 0 Å². The van der Waals surface area contributed by atoms with Crippen molar-refractivity contribution in [3.63, 3.8) is 0 Å². The lowest BCUT2D eigenvalue weighted by atomic mass is 9.96. The van der Waals surface area contributed by atoms with Gasteiger partial charge in [0.2, 0.25) is 0 Å². The van der Waals surface area contributed by atoms with Crippen molar-refractivity contribution >= 4 is 6.09 Å². The van der Waals surface area contributed by atoms with Gasteiger partial charge >= 0.3 is 6.09 Å². The summed E-state index contributed by atoms with van der Waals surface area (Å²) in [6, 6.07) is 0. The third-order valence-corrected chi connectivity index (χ3v) is 3.12. The first-order valence-corrected chi connectivity index (χ1v) is 5.79. The molecule has 3 nitrogen and oxygen atoms in total. The SMILES string of the molecule is CCC1(C)CCCN1C(=O)OC(C)(C)C. The summed E-state index contributed by atoms with van der Waals surface area (Å²) in [4.78, 5) is 13.8. The Morgan fingerprint density at radius 2 is 2.07 bits per heavy atom. The van der Waals surface area contributed by atoms with Gasteiger partial charge in [-0.05, 0) is 47.0 Å². The van der Waals surface area contributed by atoms with Crippen molar-refractivity contribution in [2.24, 2.45) is 0 Å². The van der Waals surface area contributed by atoms with E-state index in [1.54, 1.807) is 0 Å². The molecule has 0 saturated carbocycles. The Balaban J connectivity index is 2.67. The van der Waals surface area contributed by atoms with E-state index in [9.17, 15) is 4.79 Å². The van der Waals surface area contributed by atoms with Gasteiger partial charge in [-0.25, -0.2) is 4.79 Å². The van der Waals surface area contributed by atoms with E-state index in [4.69, 9.17) is 4.74 Å². The molecule has 0 aromatic rings. The van der Waals surface area contributed by atoms with Crippen LogP contribution in [0.3, 0.4) is 0 Å². The second kappa shape index (κ2) is 4.03. The molecule has 1 unspecified atom stereocenters. The van der Waals surface area contributed by atoms with Crippen LogP contribution in [0.1, 0.15) is 53.9 Å². The van der Waals surface area contributed by atoms with Crippen molar-refractivity contribution in [1.82, 2.24) is 4.90 Å². The van der Waals surface area contributed by atoms with E-state index in [1.165, 1.54) is 0 Å². The highest BCUT2D eigenvalue weighted by Gasteiger charge is 2.39. The lowest BCUT2D eigenvalue weighted by molar-refractivity contribution is 0.0101. The van der Waals surface area contributed by atoms with Crippen LogP contribution >= 0.6 is 0 Å². The molecule has 0 aliphatic carbocycles. The second-order valence-corrected chi connectivity index (χ2v) is 5.59. The Labute approximate surface area is 92.8 Å². The molecule has 1 amide bonds. The molecule has 0 aromatic carbocycles. The van der Waals surface area contributed by atoms with Gasteiger partial charge in [0.1, 0.15) is 5.60 Å². The molecule has 1 aliphatic heterocycles. The van der Waals surface area contributed by atoms with Crippen LogP contribution in [-0.2, 0) is 4.74 Å². The molecule has 1 heterocycles. The van der Waals surface area contributed by atoms with Gasteiger partial charge in [0.25, 0.3) is 0 Å². The third kappa shape index (κ3) is 2.86. The van der Waals surface area contributed by atoms with E-state index in [1.807, 2.05) is 25.7 Å². The first-order chi connectivity index (χ1) is 6.78. The molecule has 1 atom stereocenters. The minimum atomic E-state index is -0.395. The third-order valence-electron chi connectivity index (χ3n) is 3.12. The van der Waals surface area contributed by atoms with Gasteiger partial charge in [0, 0.05) is 12.1 Å². The zero-order valence-electron chi connectivity index (χ0n) is 10.6. The van der Waals surface area contributed by atoms with Gasteiger partial charge in [-0.1, -0.05) is 6.92 Å². The van der Waals surface area contributed by atoms with Crippen LogP contribution in [0.15, 0.2) is 0 Å². The standard InChI is InChI=1S/C12H23NO2/c1-6-12(5)8-7-9-13(12)10(14)15-11(2,3)4/h6-9H2,1-5H3. The highest BCUT2D eigenvalue weighted by molar-refractivity contribution is 5.69. The Morgan fingerprint density at radius 3 is 2.53 bits per heavy atom. The zero-order valence-corrected chi connectivity index (χ0v) is 10.6. The lowest BCUT2D eigenvalue weighted by Crippen LogP contribution is -2.46. The largest absolute Gasteiger partial charge is 0.444 e. The Kier molecular flexibility index (Phi) is 3.31. The number of carbonyl (C=O) groups excluding carboxylic acids is 1. The molecular weight excluding hydrogens is 190 g/mol. The van der Waals surface area contributed by atoms with Gasteiger partial charge in [0.15, 0.2) is 0 Å². The maximum Gasteiger partial charge on any atom is 0.410 e. The summed E-state index contributed by atoms with van der Waals surface area (Å²) in [6.07, 6.45) is 3.00. The number of nitrogens with zero attached hydrogens (tertiary/aromatic N) is 1. The molecule has 1 aliphatic rings. The fraction of sp³-hybridized carbons (Fsp3) is 0.917. The maximum absolute atomic E-state index is 11.9. The van der Waals surface area contributed by atoms with E-state index in [0.717, 1.165) is 25.8 Å². The molecule has 0 bridgehead atoms. The predicted octanol–water partition coefficient (Wildman–Crippen LogP) is 3.19. The molecule has 0 N–H and O–H groups in total. The molecule has 1 saturated heterocycles. The highest BCUT2D eigenvalue weighted by Crippen LogP contribution is 2.32. The van der Waals surface area contributed by atoms with Crippen molar-refractivity contribution in [3.05, 3.63) is 0 Å². The first kappa shape index (κ1) is 12.3. The normalized spacial score (nSPS) is 26.9. The molecule has 1 rings (SSSR count). The van der Waals surface area contributed by atoms with Gasteiger partial charge < -0.3 is 9.64 Å². The average molecular weight is 213 g/mol. The summed E-state index contributed by atoms with van der Waals surface area (Å²) in [7, 11) is 0. The molecule has 3 heteroatoms. The molecule has 0 aromatic heterocycles. The summed E-state index contributed by atoms with van der Waals surface area (Å²) < 4.78 is 5.41. The molecule has 0 radical (unpaired) electrons. The summed E-state index contributed by atoms with van der Waals surface area (Å²) in [6.45, 7) is 10.8. The number of ether oxygens (including phenoxy) is 1. The summed E-state index contributed by atoms with van der Waals surface area (Å²) in [5, 5.41) is 0. The lowest BCUT2D eigenvalue weighted by Gasteiger charge is -2.35. The monoisotopic (exact) mass is 213 g/mol. The second-order valence-electron chi connectivity index (χ2n) is 5.59. The fourth-order valence-corrected chi connectivity index (χ4v) is 2.02. The Morgan fingerprint density at radius 1 is 1.47 bits per heavy atom. The predicted molar refractivity (Wildman–Crippen MR) is 60.9 cm³/mol. The zero-order chi connectivity index (χ0) is 11.7. The van der Waals surface area contributed by atoms with Gasteiger partial charge in [0.05, 0.1) is 0 Å². The summed E-state index contributed by atoms with van der Waals surface area (Å²) in [5.74, 6) is 0. The number of carbonyl (C=O) groups is 1. The summed E-state index contributed by atoms with van der Waals surface area (Å²) in [5.41, 5.74) is -0.392. The van der Waals surface area contributed by atoms with Crippen molar-refractivity contribution in [2.45, 2.75) is 65.0 Å². The quantitative estimate of drug-likeness (QED) is 0.669. The first-order valence-electron chi connectivity index (χ1n) is 5.79. The number of rotatable bonds is 1. The van der Waals surface area contributed by atoms with E-state index in [0.29, 0.717) is 0 Å². The van der Waals surface area contributed by atoms with E-state index in [2.05, 4.69) is 13.8 Å². The average Bonchev–Trinajstić information content (AvgIpc) is 2.45. The Hall–Kier alpha value is -0.730. The van der Waals surface area contributed by atoms with Crippen LogP contribution < -0.4 is 0 Å². The number of amides is 1. The number of hydrogen-bond donors (Lipinski definition) is 0. The van der Waals surface area contributed by atoms with Crippen molar-refractivity contribution in [1.29, 1.82) is 0 Å². The summed E-state index contributed by atoms with van der Waals surface area (Å²) >= 11 is 0. The number of hydrogen-bond acceptors (Lipinski definition) is 2. The highest BCUT2D eigenvalue weighted by atomic mass is 16.6. The van der Waals surface area contributed by atoms with Crippen molar-refractivity contribution < 1.29 is 9.53 Å². The van der Waals surface area contributed by atoms with Crippen LogP contribution in [0, 0.1) is 0 Å². The van der Waals surface area contributed by atoms with Gasteiger partial charge in [-0.2, -0.15) is 0 Å². The Bertz CT molecular complexity index is 244. The van der Waals surface area contributed by atoms with Crippen LogP contribution in [0.5, 0.6) is 0 Å². The minimum Gasteiger partial charge on any atom is -0.444 e. The molecular formula is C12H23NO2. The van der Waals surface area contributed by atoms with Crippen LogP contribution in [0.25, 0.3) is 0 Å². The van der Waals surface area contributed by atoms with Crippen LogP contribution in [0.2, 0.25) is 0 Å².